The molecular weight excluding hydrogens is 602 g/mol. The van der Waals surface area contributed by atoms with Gasteiger partial charge in [-0.2, -0.15) is 0 Å². The Bertz CT molecular complexity index is 1420. The van der Waals surface area contributed by atoms with E-state index in [9.17, 15) is 18.0 Å². The molecule has 0 unspecified atom stereocenters. The van der Waals surface area contributed by atoms with Gasteiger partial charge in [-0.1, -0.05) is 70.9 Å². The molecule has 0 bridgehead atoms. The van der Waals surface area contributed by atoms with E-state index < -0.39 is 28.5 Å². The zero-order valence-electron chi connectivity index (χ0n) is 22.4. The Hall–Kier alpha value is -2.88. The third-order valence-electron chi connectivity index (χ3n) is 6.46. The fourth-order valence-electron chi connectivity index (χ4n) is 3.87. The number of carbonyl (C=O) groups excluding carboxylic acids is 2. The molecule has 0 aliphatic heterocycles. The molecule has 208 valence electrons. The van der Waals surface area contributed by atoms with Gasteiger partial charge in [0.05, 0.1) is 10.6 Å². The molecule has 1 N–H and O–H groups in total. The molecule has 0 heterocycles. The van der Waals surface area contributed by atoms with E-state index in [2.05, 4.69) is 21.2 Å². The first-order chi connectivity index (χ1) is 18.4. The number of carbonyl (C=O) groups is 2. The van der Waals surface area contributed by atoms with Gasteiger partial charge in [-0.05, 0) is 74.7 Å². The monoisotopic (exact) mass is 633 g/mol. The molecule has 0 saturated heterocycles. The minimum absolute atomic E-state index is 0.0376. The Kier molecular flexibility index (Phi) is 10.6. The minimum atomic E-state index is -4.14. The summed E-state index contributed by atoms with van der Waals surface area (Å²) < 4.78 is 29.5. The van der Waals surface area contributed by atoms with Crippen molar-refractivity contribution in [2.75, 3.05) is 10.8 Å². The van der Waals surface area contributed by atoms with Crippen LogP contribution in [0.2, 0.25) is 5.02 Å². The van der Waals surface area contributed by atoms with Gasteiger partial charge in [0.2, 0.25) is 11.8 Å². The lowest BCUT2D eigenvalue weighted by Crippen LogP contribution is -2.52. The van der Waals surface area contributed by atoms with E-state index in [0.717, 1.165) is 26.3 Å². The van der Waals surface area contributed by atoms with Gasteiger partial charge in [0.1, 0.15) is 12.6 Å². The summed E-state index contributed by atoms with van der Waals surface area (Å²) in [5.41, 5.74) is 1.81. The molecule has 3 aromatic rings. The fourth-order valence-corrected chi connectivity index (χ4v) is 5.91. The highest BCUT2D eigenvalue weighted by atomic mass is 79.9. The van der Waals surface area contributed by atoms with Gasteiger partial charge in [0, 0.05) is 22.1 Å². The number of nitrogens with zero attached hydrogens (tertiary/aromatic N) is 2. The number of benzene rings is 3. The molecule has 0 aromatic heterocycles. The molecule has 0 aliphatic carbocycles. The highest BCUT2D eigenvalue weighted by Gasteiger charge is 2.33. The predicted octanol–water partition coefficient (Wildman–Crippen LogP) is 5.94. The first-order valence-electron chi connectivity index (χ1n) is 12.6. The average Bonchev–Trinajstić information content (AvgIpc) is 2.91. The van der Waals surface area contributed by atoms with Crippen molar-refractivity contribution in [3.8, 4) is 0 Å². The van der Waals surface area contributed by atoms with E-state index in [0.29, 0.717) is 5.02 Å². The SMILES string of the molecule is CC[C@@H](C)NC(=O)[C@H](C)N(Cc1cccc(Br)c1)C(=O)CN(c1ccc(C)c(Cl)c1)S(=O)(=O)c1ccccc1. The van der Waals surface area contributed by atoms with Crippen LogP contribution in [-0.4, -0.2) is 43.8 Å². The molecule has 0 fully saturated rings. The summed E-state index contributed by atoms with van der Waals surface area (Å²) in [6.45, 7) is 6.89. The van der Waals surface area contributed by atoms with Crippen LogP contribution in [0.4, 0.5) is 5.69 Å². The third kappa shape index (κ3) is 7.84. The molecular formula is C29H33BrClN3O4S. The lowest BCUT2D eigenvalue weighted by Gasteiger charge is -2.32. The van der Waals surface area contributed by atoms with Gasteiger partial charge < -0.3 is 10.2 Å². The molecule has 3 rings (SSSR count). The topological polar surface area (TPSA) is 86.8 Å². The van der Waals surface area contributed by atoms with Crippen LogP contribution in [0.5, 0.6) is 0 Å². The molecule has 10 heteroatoms. The second kappa shape index (κ2) is 13.5. The van der Waals surface area contributed by atoms with E-state index in [-0.39, 0.29) is 29.1 Å². The quantitative estimate of drug-likeness (QED) is 0.283. The van der Waals surface area contributed by atoms with Crippen LogP contribution in [0.1, 0.15) is 38.3 Å². The van der Waals surface area contributed by atoms with Gasteiger partial charge in [-0.25, -0.2) is 8.42 Å². The van der Waals surface area contributed by atoms with Crippen molar-refractivity contribution in [2.45, 2.75) is 57.6 Å². The van der Waals surface area contributed by atoms with Gasteiger partial charge in [0.15, 0.2) is 0 Å². The standard InChI is InChI=1S/C29H33BrClN3O4S/c1-5-21(3)32-29(36)22(4)33(18-23-10-9-11-24(30)16-23)28(35)19-34(25-15-14-20(2)27(31)17-25)39(37,38)26-12-7-6-8-13-26/h6-17,21-22H,5,18-19H2,1-4H3,(H,32,36)/t21-,22+/m1/s1. The van der Waals surface area contributed by atoms with E-state index in [4.69, 9.17) is 11.6 Å². The number of rotatable bonds is 11. The molecule has 0 aliphatic rings. The van der Waals surface area contributed by atoms with Crippen molar-refractivity contribution in [1.82, 2.24) is 10.2 Å². The van der Waals surface area contributed by atoms with Crippen LogP contribution in [0.3, 0.4) is 0 Å². The highest BCUT2D eigenvalue weighted by Crippen LogP contribution is 2.28. The van der Waals surface area contributed by atoms with Crippen molar-refractivity contribution in [1.29, 1.82) is 0 Å². The average molecular weight is 635 g/mol. The number of hydrogen-bond donors (Lipinski definition) is 1. The van der Waals surface area contributed by atoms with Crippen LogP contribution in [-0.2, 0) is 26.2 Å². The molecule has 0 radical (unpaired) electrons. The van der Waals surface area contributed by atoms with Crippen LogP contribution >= 0.6 is 27.5 Å². The molecule has 0 spiro atoms. The van der Waals surface area contributed by atoms with Crippen LogP contribution in [0.15, 0.2) is 82.2 Å². The molecule has 39 heavy (non-hydrogen) atoms. The molecule has 2 atom stereocenters. The molecule has 0 saturated carbocycles. The van der Waals surface area contributed by atoms with Crippen LogP contribution in [0.25, 0.3) is 0 Å². The zero-order chi connectivity index (χ0) is 28.7. The van der Waals surface area contributed by atoms with Crippen molar-refractivity contribution in [2.24, 2.45) is 0 Å². The predicted molar refractivity (Wildman–Crippen MR) is 159 cm³/mol. The summed E-state index contributed by atoms with van der Waals surface area (Å²) in [7, 11) is -4.14. The minimum Gasteiger partial charge on any atom is -0.352 e. The highest BCUT2D eigenvalue weighted by molar-refractivity contribution is 9.10. The molecule has 3 aromatic carbocycles. The van der Waals surface area contributed by atoms with Crippen LogP contribution < -0.4 is 9.62 Å². The van der Waals surface area contributed by atoms with E-state index in [1.165, 1.54) is 23.1 Å². The largest absolute Gasteiger partial charge is 0.352 e. The number of nitrogens with one attached hydrogen (secondary N) is 1. The Morgan fingerprint density at radius 2 is 1.69 bits per heavy atom. The normalized spacial score (nSPS) is 12.9. The lowest BCUT2D eigenvalue weighted by atomic mass is 10.1. The van der Waals surface area contributed by atoms with E-state index in [1.54, 1.807) is 37.3 Å². The Morgan fingerprint density at radius 3 is 2.31 bits per heavy atom. The Labute approximate surface area is 244 Å². The first-order valence-corrected chi connectivity index (χ1v) is 15.2. The molecule has 7 nitrogen and oxygen atoms in total. The van der Waals surface area contributed by atoms with Gasteiger partial charge >= 0.3 is 0 Å². The number of aryl methyl sites for hydroxylation is 1. The summed E-state index contributed by atoms with van der Waals surface area (Å²) >= 11 is 9.80. The van der Waals surface area contributed by atoms with Gasteiger partial charge in [0.25, 0.3) is 10.0 Å². The smallest absolute Gasteiger partial charge is 0.264 e. The summed E-state index contributed by atoms with van der Waals surface area (Å²) in [4.78, 5) is 28.5. The lowest BCUT2D eigenvalue weighted by molar-refractivity contribution is -0.139. The number of anilines is 1. The second-order valence-electron chi connectivity index (χ2n) is 9.40. The Balaban J connectivity index is 2.04. The summed E-state index contributed by atoms with van der Waals surface area (Å²) in [6, 6.07) is 19.2. The maximum atomic E-state index is 13.9. The summed E-state index contributed by atoms with van der Waals surface area (Å²) in [5, 5.41) is 3.30. The van der Waals surface area contributed by atoms with E-state index in [1.807, 2.05) is 45.0 Å². The van der Waals surface area contributed by atoms with Gasteiger partial charge in [-0.15, -0.1) is 0 Å². The maximum Gasteiger partial charge on any atom is 0.264 e. The van der Waals surface area contributed by atoms with Gasteiger partial charge in [-0.3, -0.25) is 13.9 Å². The number of amides is 2. The van der Waals surface area contributed by atoms with Crippen molar-refractivity contribution < 1.29 is 18.0 Å². The number of halogens is 2. The number of hydrogen-bond acceptors (Lipinski definition) is 4. The zero-order valence-corrected chi connectivity index (χ0v) is 25.6. The maximum absolute atomic E-state index is 13.9. The van der Waals surface area contributed by atoms with Crippen LogP contribution in [0, 0.1) is 6.92 Å². The molecule has 2 amide bonds. The van der Waals surface area contributed by atoms with Crippen molar-refractivity contribution >= 4 is 55.1 Å². The summed E-state index contributed by atoms with van der Waals surface area (Å²) in [5.74, 6) is -0.846. The number of sulfonamides is 1. The van der Waals surface area contributed by atoms with Crippen molar-refractivity contribution in [3.05, 3.63) is 93.4 Å². The third-order valence-corrected chi connectivity index (χ3v) is 9.15. The summed E-state index contributed by atoms with van der Waals surface area (Å²) in [6.07, 6.45) is 0.731. The fraction of sp³-hybridized carbons (Fsp3) is 0.310. The second-order valence-corrected chi connectivity index (χ2v) is 12.6. The van der Waals surface area contributed by atoms with E-state index >= 15 is 0 Å². The first kappa shape index (κ1) is 30.7. The van der Waals surface area contributed by atoms with Crippen molar-refractivity contribution in [3.63, 3.8) is 0 Å². The Morgan fingerprint density at radius 1 is 1.00 bits per heavy atom.